The Hall–Kier alpha value is -1.60. The molecule has 2 N–H and O–H groups in total. The van der Waals surface area contributed by atoms with Gasteiger partial charge in [-0.05, 0) is 23.8 Å². The van der Waals surface area contributed by atoms with E-state index in [2.05, 4.69) is 27.4 Å². The number of carboxylic acids is 1. The van der Waals surface area contributed by atoms with E-state index in [1.165, 1.54) is 5.56 Å². The lowest BCUT2D eigenvalue weighted by Crippen LogP contribution is -2.33. The van der Waals surface area contributed by atoms with Crippen molar-refractivity contribution in [2.45, 2.75) is 6.54 Å². The smallest absolute Gasteiger partial charge is 0.309 e. The summed E-state index contributed by atoms with van der Waals surface area (Å²) in [5, 5.41) is 16.6. The summed E-state index contributed by atoms with van der Waals surface area (Å²) in [5.74, 6) is -1.07. The van der Waals surface area contributed by atoms with Gasteiger partial charge in [0.15, 0.2) is 0 Å². The predicted molar refractivity (Wildman–Crippen MR) is 97.3 cm³/mol. The van der Waals surface area contributed by atoms with E-state index in [9.17, 15) is 9.90 Å². The standard InChI is InChI=1S/C16H20N4O2.2ClH/c21-16(22)14-10-17-7-9-19(12-14)11-13-2-4-15(5-3-13)20-8-1-6-18-20;;/h1-6,8,14,17H,7,9-12H2,(H,21,22);2*1H. The monoisotopic (exact) mass is 372 g/mol. The van der Waals surface area contributed by atoms with E-state index >= 15 is 0 Å². The molecule has 8 heteroatoms. The van der Waals surface area contributed by atoms with Gasteiger partial charge < -0.3 is 10.4 Å². The van der Waals surface area contributed by atoms with Crippen molar-refractivity contribution in [2.24, 2.45) is 5.92 Å². The fraction of sp³-hybridized carbons (Fsp3) is 0.375. The minimum atomic E-state index is -0.728. The summed E-state index contributed by atoms with van der Waals surface area (Å²) in [6.45, 7) is 3.60. The molecule has 2 aromatic rings. The van der Waals surface area contributed by atoms with E-state index in [4.69, 9.17) is 0 Å². The van der Waals surface area contributed by atoms with Gasteiger partial charge in [0.2, 0.25) is 0 Å². The third kappa shape index (κ3) is 5.21. The lowest BCUT2D eigenvalue weighted by molar-refractivity contribution is -0.142. The Kier molecular flexibility index (Phi) is 8.21. The van der Waals surface area contributed by atoms with E-state index in [0.29, 0.717) is 13.1 Å². The number of carboxylic acid groups (broad SMARTS) is 1. The predicted octanol–water partition coefficient (Wildman–Crippen LogP) is 1.82. The van der Waals surface area contributed by atoms with Crippen LogP contribution < -0.4 is 5.32 Å². The normalized spacial score (nSPS) is 18.1. The third-order valence-electron chi connectivity index (χ3n) is 3.93. The lowest BCUT2D eigenvalue weighted by atomic mass is 10.1. The number of hydrogen-bond donors (Lipinski definition) is 2. The van der Waals surface area contributed by atoms with Gasteiger partial charge in [-0.1, -0.05) is 12.1 Å². The molecule has 132 valence electrons. The summed E-state index contributed by atoms with van der Waals surface area (Å²) in [6.07, 6.45) is 3.66. The van der Waals surface area contributed by atoms with Crippen LogP contribution in [0.2, 0.25) is 0 Å². The van der Waals surface area contributed by atoms with Crippen LogP contribution in [0, 0.1) is 5.92 Å². The van der Waals surface area contributed by atoms with E-state index < -0.39 is 5.97 Å². The molecule has 3 rings (SSSR count). The topological polar surface area (TPSA) is 70.4 Å². The molecule has 1 unspecified atom stereocenters. The largest absolute Gasteiger partial charge is 0.481 e. The first-order chi connectivity index (χ1) is 10.7. The number of rotatable bonds is 4. The quantitative estimate of drug-likeness (QED) is 0.856. The van der Waals surface area contributed by atoms with Crippen LogP contribution in [0.3, 0.4) is 0 Å². The lowest BCUT2D eigenvalue weighted by Gasteiger charge is -2.22. The summed E-state index contributed by atoms with van der Waals surface area (Å²) < 4.78 is 1.82. The zero-order valence-electron chi connectivity index (χ0n) is 13.2. The Morgan fingerprint density at radius 1 is 1.29 bits per heavy atom. The summed E-state index contributed by atoms with van der Waals surface area (Å²) >= 11 is 0. The molecule has 1 atom stereocenters. The highest BCUT2D eigenvalue weighted by Crippen LogP contribution is 2.13. The molecular formula is C16H22Cl2N4O2. The summed E-state index contributed by atoms with van der Waals surface area (Å²) in [5.41, 5.74) is 2.21. The molecule has 0 aliphatic carbocycles. The van der Waals surface area contributed by atoms with Crippen molar-refractivity contribution in [3.8, 4) is 5.69 Å². The van der Waals surface area contributed by atoms with Crippen molar-refractivity contribution in [3.05, 3.63) is 48.3 Å². The molecular weight excluding hydrogens is 351 g/mol. The minimum absolute atomic E-state index is 0. The summed E-state index contributed by atoms with van der Waals surface area (Å²) in [6, 6.07) is 10.1. The second-order valence-electron chi connectivity index (χ2n) is 5.59. The molecule has 6 nitrogen and oxygen atoms in total. The Balaban J connectivity index is 0.00000144. The maximum atomic E-state index is 11.2. The number of halogens is 2. The van der Waals surface area contributed by atoms with Gasteiger partial charge in [-0.2, -0.15) is 5.10 Å². The Morgan fingerprint density at radius 3 is 2.67 bits per heavy atom. The van der Waals surface area contributed by atoms with E-state index in [1.807, 2.05) is 29.1 Å². The molecule has 0 amide bonds. The van der Waals surface area contributed by atoms with Crippen LogP contribution in [-0.4, -0.2) is 51.9 Å². The number of carbonyl (C=O) groups is 1. The van der Waals surface area contributed by atoms with Crippen LogP contribution in [0.25, 0.3) is 5.69 Å². The van der Waals surface area contributed by atoms with Crippen molar-refractivity contribution < 1.29 is 9.90 Å². The van der Waals surface area contributed by atoms with Crippen molar-refractivity contribution in [1.82, 2.24) is 20.0 Å². The highest BCUT2D eigenvalue weighted by Gasteiger charge is 2.23. The van der Waals surface area contributed by atoms with Gasteiger partial charge in [0.25, 0.3) is 0 Å². The van der Waals surface area contributed by atoms with Crippen LogP contribution in [0.4, 0.5) is 0 Å². The van der Waals surface area contributed by atoms with Gasteiger partial charge in [0.05, 0.1) is 11.6 Å². The van der Waals surface area contributed by atoms with Gasteiger partial charge in [0, 0.05) is 45.1 Å². The number of hydrogen-bond acceptors (Lipinski definition) is 4. The molecule has 0 bridgehead atoms. The average Bonchev–Trinajstić information content (AvgIpc) is 2.95. The maximum Gasteiger partial charge on any atom is 0.309 e. The number of nitrogens with one attached hydrogen (secondary N) is 1. The zero-order valence-corrected chi connectivity index (χ0v) is 14.8. The van der Waals surface area contributed by atoms with E-state index in [0.717, 1.165) is 25.3 Å². The van der Waals surface area contributed by atoms with Crippen LogP contribution in [0.5, 0.6) is 0 Å². The van der Waals surface area contributed by atoms with Gasteiger partial charge in [-0.3, -0.25) is 9.69 Å². The first kappa shape index (κ1) is 20.4. The molecule has 1 saturated heterocycles. The SMILES string of the molecule is Cl.Cl.O=C(O)C1CNCCN(Cc2ccc(-n3cccn3)cc2)C1. The Labute approximate surface area is 153 Å². The molecule has 2 heterocycles. The molecule has 1 aromatic heterocycles. The van der Waals surface area contributed by atoms with Gasteiger partial charge >= 0.3 is 5.97 Å². The maximum absolute atomic E-state index is 11.2. The molecule has 1 fully saturated rings. The second-order valence-corrected chi connectivity index (χ2v) is 5.59. The molecule has 1 aromatic carbocycles. The van der Waals surface area contributed by atoms with Gasteiger partial charge in [-0.15, -0.1) is 24.8 Å². The fourth-order valence-electron chi connectivity index (χ4n) is 2.72. The Bertz CT molecular complexity index is 620. The molecule has 0 radical (unpaired) electrons. The highest BCUT2D eigenvalue weighted by molar-refractivity contribution is 5.85. The number of nitrogens with zero attached hydrogens (tertiary/aromatic N) is 3. The van der Waals surface area contributed by atoms with Crippen LogP contribution in [0.15, 0.2) is 42.7 Å². The molecule has 24 heavy (non-hydrogen) atoms. The number of aromatic nitrogens is 2. The van der Waals surface area contributed by atoms with Crippen LogP contribution in [0.1, 0.15) is 5.56 Å². The first-order valence-corrected chi connectivity index (χ1v) is 7.47. The average molecular weight is 373 g/mol. The number of aliphatic carboxylic acids is 1. The molecule has 0 spiro atoms. The molecule has 1 aliphatic rings. The summed E-state index contributed by atoms with van der Waals surface area (Å²) in [4.78, 5) is 13.4. The molecule has 1 aliphatic heterocycles. The van der Waals surface area contributed by atoms with E-state index in [-0.39, 0.29) is 30.7 Å². The number of benzene rings is 1. The van der Waals surface area contributed by atoms with Gasteiger partial charge in [0.1, 0.15) is 0 Å². The highest BCUT2D eigenvalue weighted by atomic mass is 35.5. The van der Waals surface area contributed by atoms with Crippen molar-refractivity contribution in [2.75, 3.05) is 26.2 Å². The molecule has 0 saturated carbocycles. The van der Waals surface area contributed by atoms with Crippen LogP contribution in [-0.2, 0) is 11.3 Å². The van der Waals surface area contributed by atoms with Crippen molar-refractivity contribution in [1.29, 1.82) is 0 Å². The van der Waals surface area contributed by atoms with Crippen molar-refractivity contribution >= 4 is 30.8 Å². The second kappa shape index (κ2) is 9.64. The van der Waals surface area contributed by atoms with E-state index in [1.54, 1.807) is 6.20 Å². The first-order valence-electron chi connectivity index (χ1n) is 7.47. The van der Waals surface area contributed by atoms with Crippen LogP contribution >= 0.6 is 24.8 Å². The van der Waals surface area contributed by atoms with Gasteiger partial charge in [-0.25, -0.2) is 4.68 Å². The Morgan fingerprint density at radius 2 is 2.04 bits per heavy atom. The summed E-state index contributed by atoms with van der Waals surface area (Å²) in [7, 11) is 0. The minimum Gasteiger partial charge on any atom is -0.481 e. The fourth-order valence-corrected chi connectivity index (χ4v) is 2.72. The third-order valence-corrected chi connectivity index (χ3v) is 3.93. The zero-order chi connectivity index (χ0) is 15.4. The van der Waals surface area contributed by atoms with Crippen molar-refractivity contribution in [3.63, 3.8) is 0 Å².